The van der Waals surface area contributed by atoms with Gasteiger partial charge < -0.3 is 10.2 Å². The molecule has 2 aromatic rings. The van der Waals surface area contributed by atoms with Crippen LogP contribution in [0.4, 0.5) is 21.9 Å². The molecule has 0 saturated carbocycles. The Morgan fingerprint density at radius 3 is 2.45 bits per heavy atom. The molecule has 1 fully saturated rings. The van der Waals surface area contributed by atoms with Crippen molar-refractivity contribution in [2.75, 3.05) is 29.2 Å². The van der Waals surface area contributed by atoms with Crippen molar-refractivity contribution < 1.29 is 14.4 Å². The maximum atomic E-state index is 13.1. The molecule has 1 saturated heterocycles. The number of hydrogen-bond donors (Lipinski definition) is 2. The second-order valence-electron chi connectivity index (χ2n) is 6.69. The summed E-state index contributed by atoms with van der Waals surface area (Å²) in [6, 6.07) is 13.0. The molecule has 0 bridgehead atoms. The minimum absolute atomic E-state index is 0.333. The second-order valence-corrected chi connectivity index (χ2v) is 7.13. The van der Waals surface area contributed by atoms with Gasteiger partial charge >= 0.3 is 6.03 Å². The van der Waals surface area contributed by atoms with E-state index < -0.39 is 23.8 Å². The van der Waals surface area contributed by atoms with Crippen molar-refractivity contribution in [2.45, 2.75) is 6.92 Å². The summed E-state index contributed by atoms with van der Waals surface area (Å²) >= 11 is 5.89. The Hall–Kier alpha value is -3.32. The van der Waals surface area contributed by atoms with Gasteiger partial charge in [0.25, 0.3) is 5.91 Å². The molecule has 0 radical (unpaired) electrons. The SMILES string of the molecule is C/C=C(/Nc1cccc(N(C)C)c1)[C@H]1C(=O)NC(=O)N(c2ccc(Cl)cc2)C1=O. The minimum atomic E-state index is -1.18. The fourth-order valence-electron chi connectivity index (χ4n) is 3.02. The third kappa shape index (κ3) is 4.25. The van der Waals surface area contributed by atoms with Crippen LogP contribution in [-0.2, 0) is 9.59 Å². The number of imide groups is 2. The molecule has 0 spiro atoms. The van der Waals surface area contributed by atoms with Gasteiger partial charge in [-0.25, -0.2) is 9.69 Å². The first-order chi connectivity index (χ1) is 13.8. The Morgan fingerprint density at radius 2 is 1.83 bits per heavy atom. The fraction of sp³-hybridized carbons (Fsp3) is 0.190. The molecule has 1 aliphatic rings. The molecule has 0 aromatic heterocycles. The number of nitrogens with one attached hydrogen (secondary N) is 2. The van der Waals surface area contributed by atoms with E-state index >= 15 is 0 Å². The highest BCUT2D eigenvalue weighted by Crippen LogP contribution is 2.27. The van der Waals surface area contributed by atoms with Crippen molar-refractivity contribution in [1.29, 1.82) is 0 Å². The van der Waals surface area contributed by atoms with E-state index in [4.69, 9.17) is 11.6 Å². The summed E-state index contributed by atoms with van der Waals surface area (Å²) < 4.78 is 0. The zero-order valence-electron chi connectivity index (χ0n) is 16.3. The van der Waals surface area contributed by atoms with Crippen molar-refractivity contribution in [1.82, 2.24) is 5.32 Å². The second kappa shape index (κ2) is 8.36. The largest absolute Gasteiger partial charge is 0.378 e. The quantitative estimate of drug-likeness (QED) is 0.733. The molecule has 0 unspecified atom stereocenters. The number of nitrogens with zero attached hydrogens (tertiary/aromatic N) is 2. The van der Waals surface area contributed by atoms with E-state index in [1.807, 2.05) is 43.3 Å². The van der Waals surface area contributed by atoms with Crippen molar-refractivity contribution >= 4 is 46.5 Å². The number of hydrogen-bond acceptors (Lipinski definition) is 5. The Morgan fingerprint density at radius 1 is 1.14 bits per heavy atom. The Kier molecular flexibility index (Phi) is 5.89. The summed E-state index contributed by atoms with van der Waals surface area (Å²) in [6.07, 6.45) is 1.65. The highest BCUT2D eigenvalue weighted by molar-refractivity contribution is 6.31. The van der Waals surface area contributed by atoms with Gasteiger partial charge in [0.2, 0.25) is 5.91 Å². The molecule has 1 atom stereocenters. The molecule has 1 heterocycles. The van der Waals surface area contributed by atoms with E-state index in [9.17, 15) is 14.4 Å². The van der Waals surface area contributed by atoms with E-state index in [2.05, 4.69) is 10.6 Å². The maximum Gasteiger partial charge on any atom is 0.335 e. The van der Waals surface area contributed by atoms with Crippen LogP contribution in [0.1, 0.15) is 6.92 Å². The molecule has 7 nitrogen and oxygen atoms in total. The molecule has 2 aromatic carbocycles. The van der Waals surface area contributed by atoms with Gasteiger partial charge in [-0.2, -0.15) is 0 Å². The molecule has 0 aliphatic carbocycles. The van der Waals surface area contributed by atoms with Gasteiger partial charge in [0, 0.05) is 36.2 Å². The molecule has 150 valence electrons. The first-order valence-electron chi connectivity index (χ1n) is 8.96. The van der Waals surface area contributed by atoms with E-state index in [0.717, 1.165) is 16.3 Å². The van der Waals surface area contributed by atoms with Crippen molar-refractivity contribution in [2.24, 2.45) is 5.92 Å². The zero-order valence-corrected chi connectivity index (χ0v) is 17.0. The topological polar surface area (TPSA) is 81.8 Å². The summed E-state index contributed by atoms with van der Waals surface area (Å²) in [6.45, 7) is 1.72. The predicted molar refractivity (Wildman–Crippen MR) is 114 cm³/mol. The van der Waals surface area contributed by atoms with Gasteiger partial charge in [-0.3, -0.25) is 14.9 Å². The van der Waals surface area contributed by atoms with Gasteiger partial charge in [-0.1, -0.05) is 23.7 Å². The number of anilines is 3. The molecule has 1 aliphatic heterocycles. The normalized spacial score (nSPS) is 17.2. The molecule has 2 N–H and O–H groups in total. The zero-order chi connectivity index (χ0) is 21.1. The van der Waals surface area contributed by atoms with Crippen LogP contribution < -0.4 is 20.4 Å². The van der Waals surface area contributed by atoms with Crippen molar-refractivity contribution in [3.05, 3.63) is 65.3 Å². The van der Waals surface area contributed by atoms with Gasteiger partial charge in [0.1, 0.15) is 0 Å². The van der Waals surface area contributed by atoms with Crippen LogP contribution >= 0.6 is 11.6 Å². The molecule has 3 rings (SSSR count). The summed E-state index contributed by atoms with van der Waals surface area (Å²) in [5.41, 5.74) is 2.40. The summed E-state index contributed by atoms with van der Waals surface area (Å²) in [7, 11) is 3.84. The lowest BCUT2D eigenvalue weighted by Crippen LogP contribution is -2.59. The van der Waals surface area contributed by atoms with Gasteiger partial charge in [0.05, 0.1) is 5.69 Å². The molecular weight excluding hydrogens is 392 g/mol. The number of allylic oxidation sites excluding steroid dienone is 1. The standard InChI is InChI=1S/C21H21ClN4O3/c1-4-17(23-14-6-5-7-16(12-14)25(2)3)18-19(27)24-21(29)26(20(18)28)15-10-8-13(22)9-11-15/h4-12,18,23H,1-3H3,(H,24,27,29)/b17-4+/t18-/m0/s1. The summed E-state index contributed by atoms with van der Waals surface area (Å²) in [4.78, 5) is 40.9. The van der Waals surface area contributed by atoms with Crippen LogP contribution in [0.2, 0.25) is 5.02 Å². The van der Waals surface area contributed by atoms with E-state index in [0.29, 0.717) is 16.4 Å². The first-order valence-corrected chi connectivity index (χ1v) is 9.34. The molecule has 29 heavy (non-hydrogen) atoms. The number of amides is 4. The number of rotatable bonds is 5. The lowest BCUT2D eigenvalue weighted by molar-refractivity contribution is -0.132. The summed E-state index contributed by atoms with van der Waals surface area (Å²) in [5.74, 6) is -2.49. The third-order valence-electron chi connectivity index (χ3n) is 4.52. The average Bonchev–Trinajstić information content (AvgIpc) is 2.68. The Labute approximate surface area is 173 Å². The number of carbonyl (C=O) groups excluding carboxylic acids is 3. The maximum absolute atomic E-state index is 13.1. The van der Waals surface area contributed by atoms with Crippen LogP contribution in [0.25, 0.3) is 0 Å². The minimum Gasteiger partial charge on any atom is -0.378 e. The van der Waals surface area contributed by atoms with E-state index in [1.54, 1.807) is 37.3 Å². The summed E-state index contributed by atoms with van der Waals surface area (Å²) in [5, 5.41) is 5.88. The number of halogens is 1. The molecular formula is C21H21ClN4O3. The van der Waals surface area contributed by atoms with E-state index in [1.165, 1.54) is 0 Å². The van der Waals surface area contributed by atoms with Gasteiger partial charge in [0.15, 0.2) is 5.92 Å². The number of urea groups is 1. The highest BCUT2D eigenvalue weighted by atomic mass is 35.5. The fourth-order valence-corrected chi connectivity index (χ4v) is 3.15. The highest BCUT2D eigenvalue weighted by Gasteiger charge is 2.43. The Balaban J connectivity index is 1.91. The lowest BCUT2D eigenvalue weighted by Gasteiger charge is -2.31. The van der Waals surface area contributed by atoms with Crippen LogP contribution in [0, 0.1) is 5.92 Å². The average molecular weight is 413 g/mol. The number of carbonyl (C=O) groups is 3. The van der Waals surface area contributed by atoms with Crippen LogP contribution in [0.3, 0.4) is 0 Å². The number of benzene rings is 2. The molecule has 4 amide bonds. The smallest absolute Gasteiger partial charge is 0.335 e. The first kappa shape index (κ1) is 20.4. The van der Waals surface area contributed by atoms with Crippen molar-refractivity contribution in [3.63, 3.8) is 0 Å². The number of barbiturate groups is 1. The van der Waals surface area contributed by atoms with Crippen LogP contribution in [-0.4, -0.2) is 31.9 Å². The van der Waals surface area contributed by atoms with Gasteiger partial charge in [-0.05, 0) is 49.4 Å². The monoisotopic (exact) mass is 412 g/mol. The van der Waals surface area contributed by atoms with E-state index in [-0.39, 0.29) is 0 Å². The lowest BCUT2D eigenvalue weighted by atomic mass is 9.99. The third-order valence-corrected chi connectivity index (χ3v) is 4.77. The predicted octanol–water partition coefficient (Wildman–Crippen LogP) is 3.62. The molecule has 8 heteroatoms. The van der Waals surface area contributed by atoms with Crippen LogP contribution in [0.5, 0.6) is 0 Å². The Bertz CT molecular complexity index is 986. The van der Waals surface area contributed by atoms with Crippen LogP contribution in [0.15, 0.2) is 60.3 Å². The van der Waals surface area contributed by atoms with Gasteiger partial charge in [-0.15, -0.1) is 0 Å². The van der Waals surface area contributed by atoms with Crippen molar-refractivity contribution in [3.8, 4) is 0 Å².